The highest BCUT2D eigenvalue weighted by molar-refractivity contribution is 5.85. The van der Waals surface area contributed by atoms with E-state index in [2.05, 4.69) is 4.90 Å². The number of piperazine rings is 1. The van der Waals surface area contributed by atoms with Crippen molar-refractivity contribution < 1.29 is 14.3 Å². The zero-order chi connectivity index (χ0) is 16.1. The fourth-order valence-electron chi connectivity index (χ4n) is 3.73. The van der Waals surface area contributed by atoms with Gasteiger partial charge in [-0.2, -0.15) is 0 Å². The monoisotopic (exact) mass is 323 g/mol. The maximum atomic E-state index is 12.5. The van der Waals surface area contributed by atoms with E-state index in [1.54, 1.807) is 4.90 Å². The Labute approximate surface area is 138 Å². The molecular formula is C17H29N3O3. The van der Waals surface area contributed by atoms with Crippen LogP contribution in [0.5, 0.6) is 0 Å². The lowest BCUT2D eigenvalue weighted by Crippen LogP contribution is -2.52. The normalized spacial score (nSPS) is 27.3. The maximum Gasteiger partial charge on any atom is 0.242 e. The highest BCUT2D eigenvalue weighted by Gasteiger charge is 2.27. The summed E-state index contributed by atoms with van der Waals surface area (Å²) in [5.74, 6) is 0.255. The van der Waals surface area contributed by atoms with E-state index < -0.39 is 0 Å². The molecule has 3 aliphatic rings. The molecule has 0 saturated carbocycles. The van der Waals surface area contributed by atoms with Gasteiger partial charge in [-0.3, -0.25) is 14.5 Å². The molecule has 2 amide bonds. The smallest absolute Gasteiger partial charge is 0.242 e. The van der Waals surface area contributed by atoms with Gasteiger partial charge in [0.05, 0.1) is 12.6 Å². The predicted octanol–water partition coefficient (Wildman–Crippen LogP) is 0.712. The molecule has 0 radical (unpaired) electrons. The summed E-state index contributed by atoms with van der Waals surface area (Å²) in [4.78, 5) is 30.6. The molecule has 0 spiro atoms. The number of amides is 2. The topological polar surface area (TPSA) is 53.1 Å². The molecule has 3 fully saturated rings. The fraction of sp³-hybridized carbons (Fsp3) is 0.882. The Kier molecular flexibility index (Phi) is 5.89. The Morgan fingerprint density at radius 1 is 1.04 bits per heavy atom. The van der Waals surface area contributed by atoms with Crippen LogP contribution in [-0.2, 0) is 14.3 Å². The van der Waals surface area contributed by atoms with Crippen molar-refractivity contribution in [1.29, 1.82) is 0 Å². The summed E-state index contributed by atoms with van der Waals surface area (Å²) in [7, 11) is 0. The molecule has 0 bridgehead atoms. The minimum absolute atomic E-state index is 0.108. The standard InChI is InChI=1S/C17H29N3O3/c21-16-6-2-1-3-7-20(16)14-17(22)19-10-8-18(9-11-19)13-15-5-4-12-23-15/h15H,1-14H2/t15-/m0/s1. The third-order valence-corrected chi connectivity index (χ3v) is 5.21. The SMILES string of the molecule is O=C(CN1CCCCCC1=O)N1CCN(C[C@@H]2CCCO2)CC1. The number of rotatable bonds is 4. The summed E-state index contributed by atoms with van der Waals surface area (Å²) >= 11 is 0. The van der Waals surface area contributed by atoms with Crippen LogP contribution in [0.1, 0.15) is 38.5 Å². The van der Waals surface area contributed by atoms with E-state index in [1.807, 2.05) is 4.90 Å². The Morgan fingerprint density at radius 3 is 2.61 bits per heavy atom. The number of likely N-dealkylation sites (tertiary alicyclic amines) is 1. The lowest BCUT2D eigenvalue weighted by molar-refractivity contribution is -0.141. The van der Waals surface area contributed by atoms with Crippen molar-refractivity contribution in [3.8, 4) is 0 Å². The second-order valence-electron chi connectivity index (χ2n) is 6.94. The Bertz CT molecular complexity index is 415. The summed E-state index contributed by atoms with van der Waals surface area (Å²) in [5, 5.41) is 0. The molecule has 0 aromatic heterocycles. The second-order valence-corrected chi connectivity index (χ2v) is 6.94. The van der Waals surface area contributed by atoms with E-state index >= 15 is 0 Å². The first-order chi connectivity index (χ1) is 11.2. The summed E-state index contributed by atoms with van der Waals surface area (Å²) in [6, 6.07) is 0. The van der Waals surface area contributed by atoms with Crippen molar-refractivity contribution in [3.63, 3.8) is 0 Å². The lowest BCUT2D eigenvalue weighted by atomic mass is 10.2. The molecule has 6 heteroatoms. The zero-order valence-electron chi connectivity index (χ0n) is 14.0. The minimum Gasteiger partial charge on any atom is -0.377 e. The first-order valence-electron chi connectivity index (χ1n) is 9.12. The summed E-state index contributed by atoms with van der Waals surface area (Å²) in [6.45, 7) is 6.27. The minimum atomic E-state index is 0.108. The van der Waals surface area contributed by atoms with Gasteiger partial charge in [-0.25, -0.2) is 0 Å². The van der Waals surface area contributed by atoms with Crippen LogP contribution in [0, 0.1) is 0 Å². The molecule has 6 nitrogen and oxygen atoms in total. The van der Waals surface area contributed by atoms with Gasteiger partial charge in [0.25, 0.3) is 0 Å². The van der Waals surface area contributed by atoms with E-state index in [4.69, 9.17) is 4.74 Å². The van der Waals surface area contributed by atoms with Gasteiger partial charge in [0.1, 0.15) is 0 Å². The van der Waals surface area contributed by atoms with E-state index in [1.165, 1.54) is 6.42 Å². The van der Waals surface area contributed by atoms with E-state index in [0.717, 1.165) is 71.6 Å². The number of ether oxygens (including phenoxy) is 1. The van der Waals surface area contributed by atoms with Crippen molar-refractivity contribution in [2.45, 2.75) is 44.6 Å². The predicted molar refractivity (Wildman–Crippen MR) is 87.0 cm³/mol. The average molecular weight is 323 g/mol. The molecule has 0 aliphatic carbocycles. The highest BCUT2D eigenvalue weighted by atomic mass is 16.5. The Balaban J connectivity index is 1.41. The Hall–Kier alpha value is -1.14. The van der Waals surface area contributed by atoms with Gasteiger partial charge in [0.2, 0.25) is 11.8 Å². The van der Waals surface area contributed by atoms with Gasteiger partial charge >= 0.3 is 0 Å². The number of nitrogens with zero attached hydrogens (tertiary/aromatic N) is 3. The van der Waals surface area contributed by atoms with Crippen LogP contribution in [0.2, 0.25) is 0 Å². The number of hydrogen-bond acceptors (Lipinski definition) is 4. The number of carbonyl (C=O) groups is 2. The first kappa shape index (κ1) is 16.7. The summed E-state index contributed by atoms with van der Waals surface area (Å²) < 4.78 is 5.69. The molecule has 0 unspecified atom stereocenters. The van der Waals surface area contributed by atoms with Gasteiger partial charge in [-0.1, -0.05) is 6.42 Å². The van der Waals surface area contributed by atoms with Crippen molar-refractivity contribution >= 4 is 11.8 Å². The van der Waals surface area contributed by atoms with E-state index in [9.17, 15) is 9.59 Å². The molecule has 3 rings (SSSR count). The average Bonchev–Trinajstić information content (AvgIpc) is 2.98. The van der Waals surface area contributed by atoms with Crippen molar-refractivity contribution in [1.82, 2.24) is 14.7 Å². The fourth-order valence-corrected chi connectivity index (χ4v) is 3.73. The molecule has 130 valence electrons. The molecule has 1 atom stereocenters. The maximum absolute atomic E-state index is 12.5. The van der Waals surface area contributed by atoms with Crippen LogP contribution in [-0.4, -0.2) is 85.0 Å². The molecule has 3 aliphatic heterocycles. The third-order valence-electron chi connectivity index (χ3n) is 5.21. The van der Waals surface area contributed by atoms with E-state index in [-0.39, 0.29) is 18.4 Å². The van der Waals surface area contributed by atoms with Gasteiger partial charge < -0.3 is 14.5 Å². The molecule has 0 aromatic rings. The van der Waals surface area contributed by atoms with Crippen LogP contribution in [0.15, 0.2) is 0 Å². The number of carbonyl (C=O) groups excluding carboxylic acids is 2. The largest absolute Gasteiger partial charge is 0.377 e. The van der Waals surface area contributed by atoms with Crippen molar-refractivity contribution in [2.24, 2.45) is 0 Å². The summed E-state index contributed by atoms with van der Waals surface area (Å²) in [5.41, 5.74) is 0. The van der Waals surface area contributed by atoms with Gasteiger partial charge in [0, 0.05) is 52.3 Å². The number of hydrogen-bond donors (Lipinski definition) is 0. The van der Waals surface area contributed by atoms with Crippen molar-refractivity contribution in [2.75, 3.05) is 52.4 Å². The van der Waals surface area contributed by atoms with E-state index in [0.29, 0.717) is 12.5 Å². The first-order valence-corrected chi connectivity index (χ1v) is 9.12. The molecular weight excluding hydrogens is 294 g/mol. The van der Waals surface area contributed by atoms with Crippen LogP contribution in [0.25, 0.3) is 0 Å². The second kappa shape index (κ2) is 8.11. The van der Waals surface area contributed by atoms with Gasteiger partial charge in [-0.05, 0) is 25.7 Å². The molecule has 3 heterocycles. The van der Waals surface area contributed by atoms with Crippen LogP contribution < -0.4 is 0 Å². The summed E-state index contributed by atoms with van der Waals surface area (Å²) in [6.07, 6.45) is 6.40. The molecule has 23 heavy (non-hydrogen) atoms. The highest BCUT2D eigenvalue weighted by Crippen LogP contribution is 2.15. The molecule has 3 saturated heterocycles. The quantitative estimate of drug-likeness (QED) is 0.765. The molecule has 0 aromatic carbocycles. The van der Waals surface area contributed by atoms with Crippen LogP contribution >= 0.6 is 0 Å². The van der Waals surface area contributed by atoms with Crippen LogP contribution in [0.3, 0.4) is 0 Å². The van der Waals surface area contributed by atoms with Gasteiger partial charge in [0.15, 0.2) is 0 Å². The van der Waals surface area contributed by atoms with Crippen molar-refractivity contribution in [3.05, 3.63) is 0 Å². The lowest BCUT2D eigenvalue weighted by Gasteiger charge is -2.36. The van der Waals surface area contributed by atoms with Crippen LogP contribution in [0.4, 0.5) is 0 Å². The van der Waals surface area contributed by atoms with Gasteiger partial charge in [-0.15, -0.1) is 0 Å². The Morgan fingerprint density at radius 2 is 1.87 bits per heavy atom. The zero-order valence-corrected chi connectivity index (χ0v) is 14.0. The third kappa shape index (κ3) is 4.67. The molecule has 0 N–H and O–H groups in total.